The first-order valence-corrected chi connectivity index (χ1v) is 8.25. The smallest absolute Gasteiger partial charge is 0.0561 e. The van der Waals surface area contributed by atoms with Crippen molar-refractivity contribution in [3.05, 3.63) is 48.0 Å². The third-order valence-corrected chi connectivity index (χ3v) is 5.49. The van der Waals surface area contributed by atoms with Crippen LogP contribution in [0.1, 0.15) is 39.2 Å². The number of nitrogens with one attached hydrogen (secondary N) is 1. The lowest BCUT2D eigenvalue weighted by molar-refractivity contribution is 0.0197. The standard InChI is InChI=1S/C19H28N2/c1-4-5-13-21-15-18(2,16-11-12-16)20-14-19(21,3)17-9-7-6-8-10-17/h4-10,16,20H,11-15H2,1-3H3/b5-4+. The molecule has 0 spiro atoms. The van der Waals surface area contributed by atoms with Gasteiger partial charge in [-0.2, -0.15) is 0 Å². The summed E-state index contributed by atoms with van der Waals surface area (Å²) in [5.74, 6) is 0.867. The van der Waals surface area contributed by atoms with Crippen LogP contribution in [0.3, 0.4) is 0 Å². The molecule has 1 saturated carbocycles. The molecule has 114 valence electrons. The average Bonchev–Trinajstić information content (AvgIpc) is 3.35. The molecule has 0 amide bonds. The van der Waals surface area contributed by atoms with Crippen molar-refractivity contribution in [2.24, 2.45) is 5.92 Å². The van der Waals surface area contributed by atoms with Crippen LogP contribution in [0.2, 0.25) is 0 Å². The summed E-state index contributed by atoms with van der Waals surface area (Å²) in [5, 5.41) is 3.89. The van der Waals surface area contributed by atoms with E-state index >= 15 is 0 Å². The van der Waals surface area contributed by atoms with Crippen molar-refractivity contribution in [1.29, 1.82) is 0 Å². The lowest BCUT2D eigenvalue weighted by Gasteiger charge is -2.52. The first-order chi connectivity index (χ1) is 10.1. The van der Waals surface area contributed by atoms with Gasteiger partial charge in [0.1, 0.15) is 0 Å². The summed E-state index contributed by atoms with van der Waals surface area (Å²) in [7, 11) is 0. The Morgan fingerprint density at radius 2 is 1.95 bits per heavy atom. The van der Waals surface area contributed by atoms with E-state index in [0.717, 1.165) is 25.6 Å². The van der Waals surface area contributed by atoms with Gasteiger partial charge in [0.05, 0.1) is 5.54 Å². The Hall–Kier alpha value is -1.12. The molecule has 1 aliphatic heterocycles. The summed E-state index contributed by atoms with van der Waals surface area (Å²) in [4.78, 5) is 2.66. The van der Waals surface area contributed by atoms with E-state index in [0.29, 0.717) is 0 Å². The zero-order chi connectivity index (χ0) is 14.9. The lowest BCUT2D eigenvalue weighted by atomic mass is 9.81. The number of hydrogen-bond donors (Lipinski definition) is 1. The molecule has 2 aliphatic rings. The minimum absolute atomic E-state index is 0.0785. The number of hydrogen-bond acceptors (Lipinski definition) is 2. The second-order valence-electron chi connectivity index (χ2n) is 7.13. The van der Waals surface area contributed by atoms with E-state index in [2.05, 4.69) is 73.5 Å². The molecule has 2 nitrogen and oxygen atoms in total. The quantitative estimate of drug-likeness (QED) is 0.851. The molecule has 1 heterocycles. The molecule has 1 saturated heterocycles. The van der Waals surface area contributed by atoms with Gasteiger partial charge in [-0.25, -0.2) is 0 Å². The van der Waals surface area contributed by atoms with Crippen molar-refractivity contribution in [3.63, 3.8) is 0 Å². The van der Waals surface area contributed by atoms with Crippen molar-refractivity contribution in [2.75, 3.05) is 19.6 Å². The van der Waals surface area contributed by atoms with Crippen LogP contribution in [0.5, 0.6) is 0 Å². The highest BCUT2D eigenvalue weighted by Gasteiger charge is 2.49. The molecule has 1 aromatic rings. The van der Waals surface area contributed by atoms with E-state index in [1.165, 1.54) is 18.4 Å². The molecule has 0 bridgehead atoms. The fourth-order valence-electron chi connectivity index (χ4n) is 3.69. The highest BCUT2D eigenvalue weighted by Crippen LogP contribution is 2.44. The van der Waals surface area contributed by atoms with Crippen molar-refractivity contribution >= 4 is 0 Å². The van der Waals surface area contributed by atoms with Gasteiger partial charge >= 0.3 is 0 Å². The Morgan fingerprint density at radius 3 is 2.57 bits per heavy atom. The maximum Gasteiger partial charge on any atom is 0.0561 e. The molecule has 2 atom stereocenters. The number of benzene rings is 1. The predicted octanol–water partition coefficient (Wildman–Crippen LogP) is 3.55. The monoisotopic (exact) mass is 284 g/mol. The Bertz CT molecular complexity index is 506. The topological polar surface area (TPSA) is 15.3 Å². The van der Waals surface area contributed by atoms with Gasteiger partial charge in [-0.15, -0.1) is 0 Å². The zero-order valence-corrected chi connectivity index (χ0v) is 13.6. The normalized spacial score (nSPS) is 34.4. The van der Waals surface area contributed by atoms with E-state index in [4.69, 9.17) is 0 Å². The predicted molar refractivity (Wildman–Crippen MR) is 89.3 cm³/mol. The second kappa shape index (κ2) is 5.58. The van der Waals surface area contributed by atoms with Crippen LogP contribution in [0.4, 0.5) is 0 Å². The number of allylic oxidation sites excluding steroid dienone is 1. The van der Waals surface area contributed by atoms with Crippen LogP contribution in [0, 0.1) is 5.92 Å². The van der Waals surface area contributed by atoms with Crippen LogP contribution < -0.4 is 5.32 Å². The Kier molecular flexibility index (Phi) is 3.94. The summed E-state index contributed by atoms with van der Waals surface area (Å²) in [6.07, 6.45) is 7.24. The molecule has 1 aliphatic carbocycles. The van der Waals surface area contributed by atoms with Crippen molar-refractivity contribution < 1.29 is 0 Å². The van der Waals surface area contributed by atoms with Gasteiger partial charge in [0.2, 0.25) is 0 Å². The van der Waals surface area contributed by atoms with Gasteiger partial charge in [0.25, 0.3) is 0 Å². The molecular formula is C19H28N2. The Morgan fingerprint density at radius 1 is 1.24 bits per heavy atom. The van der Waals surface area contributed by atoms with Crippen molar-refractivity contribution in [3.8, 4) is 0 Å². The molecular weight excluding hydrogens is 256 g/mol. The third kappa shape index (κ3) is 2.79. The summed E-state index contributed by atoms with van der Waals surface area (Å²) in [6, 6.07) is 11.0. The largest absolute Gasteiger partial charge is 0.308 e. The van der Waals surface area contributed by atoms with Gasteiger partial charge in [0, 0.05) is 25.2 Å². The van der Waals surface area contributed by atoms with Crippen LogP contribution in [-0.2, 0) is 5.54 Å². The molecule has 2 heteroatoms. The molecule has 2 fully saturated rings. The van der Waals surface area contributed by atoms with Crippen molar-refractivity contribution in [1.82, 2.24) is 10.2 Å². The maximum atomic E-state index is 3.89. The minimum Gasteiger partial charge on any atom is -0.308 e. The maximum absolute atomic E-state index is 3.89. The number of piperazine rings is 1. The molecule has 3 rings (SSSR count). The van der Waals surface area contributed by atoms with E-state index in [9.17, 15) is 0 Å². The molecule has 0 radical (unpaired) electrons. The molecule has 1 aromatic carbocycles. The van der Waals surface area contributed by atoms with Gasteiger partial charge in [-0.3, -0.25) is 4.90 Å². The van der Waals surface area contributed by atoms with Crippen LogP contribution in [-0.4, -0.2) is 30.1 Å². The zero-order valence-electron chi connectivity index (χ0n) is 13.6. The number of nitrogens with zero attached hydrogens (tertiary/aromatic N) is 1. The minimum atomic E-state index is 0.0785. The summed E-state index contributed by atoms with van der Waals surface area (Å²) >= 11 is 0. The van der Waals surface area contributed by atoms with E-state index in [1.807, 2.05) is 0 Å². The Labute approximate surface area is 129 Å². The highest BCUT2D eigenvalue weighted by atomic mass is 15.3. The van der Waals surface area contributed by atoms with Crippen molar-refractivity contribution in [2.45, 2.75) is 44.7 Å². The highest BCUT2D eigenvalue weighted by molar-refractivity contribution is 5.27. The fraction of sp³-hybridized carbons (Fsp3) is 0.579. The summed E-state index contributed by atoms with van der Waals surface area (Å²) in [6.45, 7) is 10.1. The SMILES string of the molecule is C/C=C/CN1CC(C)(C2CC2)NCC1(C)c1ccccc1. The molecule has 2 unspecified atom stereocenters. The van der Waals surface area contributed by atoms with Gasteiger partial charge in [-0.05, 0) is 45.1 Å². The molecule has 1 N–H and O–H groups in total. The first-order valence-electron chi connectivity index (χ1n) is 8.25. The van der Waals surface area contributed by atoms with Gasteiger partial charge in [-0.1, -0.05) is 42.5 Å². The second-order valence-corrected chi connectivity index (χ2v) is 7.13. The van der Waals surface area contributed by atoms with E-state index < -0.39 is 0 Å². The molecule has 0 aromatic heterocycles. The van der Waals surface area contributed by atoms with Gasteiger partial charge < -0.3 is 5.32 Å². The van der Waals surface area contributed by atoms with Crippen LogP contribution >= 0.6 is 0 Å². The van der Waals surface area contributed by atoms with Gasteiger partial charge in [0.15, 0.2) is 0 Å². The molecule has 21 heavy (non-hydrogen) atoms. The lowest BCUT2D eigenvalue weighted by Crippen LogP contribution is -2.67. The number of rotatable bonds is 4. The third-order valence-electron chi connectivity index (χ3n) is 5.49. The van der Waals surface area contributed by atoms with E-state index in [-0.39, 0.29) is 11.1 Å². The van der Waals surface area contributed by atoms with E-state index in [1.54, 1.807) is 0 Å². The van der Waals surface area contributed by atoms with Crippen LogP contribution in [0.15, 0.2) is 42.5 Å². The van der Waals surface area contributed by atoms with Crippen LogP contribution in [0.25, 0.3) is 0 Å². The summed E-state index contributed by atoms with van der Waals surface area (Å²) < 4.78 is 0. The average molecular weight is 284 g/mol. The Balaban J connectivity index is 1.88. The summed E-state index contributed by atoms with van der Waals surface area (Å²) in [5.41, 5.74) is 1.78. The first kappa shape index (κ1) is 14.8. The fourth-order valence-corrected chi connectivity index (χ4v) is 3.69.